The van der Waals surface area contributed by atoms with Gasteiger partial charge in [-0.3, -0.25) is 4.79 Å². The van der Waals surface area contributed by atoms with Crippen molar-refractivity contribution in [1.82, 2.24) is 10.2 Å². The molecule has 3 aliphatic rings. The maximum atomic E-state index is 13.0. The molecule has 0 aromatic heterocycles. The van der Waals surface area contributed by atoms with E-state index in [0.717, 1.165) is 24.0 Å². The topological polar surface area (TPSA) is 95.9 Å². The van der Waals surface area contributed by atoms with Gasteiger partial charge in [-0.15, -0.1) is 0 Å². The lowest BCUT2D eigenvalue weighted by Crippen LogP contribution is -2.51. The summed E-state index contributed by atoms with van der Waals surface area (Å²) in [4.78, 5) is 39.0. The minimum atomic E-state index is -0.992. The van der Waals surface area contributed by atoms with Crippen molar-refractivity contribution < 1.29 is 24.2 Å². The zero-order valence-electron chi connectivity index (χ0n) is 20.0. The SMILES string of the molecule is CCC(CNC(=O)OCC1c2ccccc2-c2ccccc21)CC(=O)N1CCCC2CC21C(=O)O. The Morgan fingerprint density at radius 2 is 1.77 bits per heavy atom. The van der Waals surface area contributed by atoms with Crippen molar-refractivity contribution in [3.63, 3.8) is 0 Å². The summed E-state index contributed by atoms with van der Waals surface area (Å²) < 4.78 is 5.60. The van der Waals surface area contributed by atoms with Crippen molar-refractivity contribution in [2.45, 2.75) is 50.5 Å². The summed E-state index contributed by atoms with van der Waals surface area (Å²) in [6.07, 6.45) is 2.70. The molecule has 5 rings (SSSR count). The van der Waals surface area contributed by atoms with E-state index in [1.165, 1.54) is 11.1 Å². The summed E-state index contributed by atoms with van der Waals surface area (Å²) in [7, 11) is 0. The Morgan fingerprint density at radius 1 is 1.11 bits per heavy atom. The molecule has 2 amide bonds. The number of hydrogen-bond donors (Lipinski definition) is 2. The van der Waals surface area contributed by atoms with Crippen LogP contribution in [0.15, 0.2) is 48.5 Å². The van der Waals surface area contributed by atoms with E-state index < -0.39 is 17.6 Å². The molecule has 184 valence electrons. The van der Waals surface area contributed by atoms with Crippen LogP contribution >= 0.6 is 0 Å². The summed E-state index contributed by atoms with van der Waals surface area (Å²) in [5.41, 5.74) is 3.68. The van der Waals surface area contributed by atoms with Gasteiger partial charge >= 0.3 is 12.1 Å². The summed E-state index contributed by atoms with van der Waals surface area (Å²) in [6, 6.07) is 16.4. The average Bonchev–Trinajstić information content (AvgIpc) is 3.56. The molecule has 0 radical (unpaired) electrons. The fourth-order valence-electron chi connectivity index (χ4n) is 6.00. The molecule has 1 heterocycles. The van der Waals surface area contributed by atoms with Crippen LogP contribution in [0.4, 0.5) is 4.79 Å². The number of benzene rings is 2. The summed E-state index contributed by atoms with van der Waals surface area (Å²) in [6.45, 7) is 3.03. The quantitative estimate of drug-likeness (QED) is 0.589. The van der Waals surface area contributed by atoms with Gasteiger partial charge in [0.05, 0.1) is 0 Å². The van der Waals surface area contributed by atoms with Crippen LogP contribution in [-0.4, -0.2) is 53.2 Å². The molecule has 1 saturated heterocycles. The number of carboxylic acids is 1. The van der Waals surface area contributed by atoms with Crippen LogP contribution in [0, 0.1) is 11.8 Å². The molecule has 1 saturated carbocycles. The first-order chi connectivity index (χ1) is 17.0. The Balaban J connectivity index is 1.15. The highest BCUT2D eigenvalue weighted by atomic mass is 16.5. The zero-order chi connectivity index (χ0) is 24.6. The Morgan fingerprint density at radius 3 is 2.40 bits per heavy atom. The average molecular weight is 477 g/mol. The molecular formula is C28H32N2O5. The molecular weight excluding hydrogens is 444 g/mol. The number of alkyl carbamates (subject to hydrolysis) is 1. The van der Waals surface area contributed by atoms with Gasteiger partial charge in [0.2, 0.25) is 5.91 Å². The van der Waals surface area contributed by atoms with Gasteiger partial charge in [0.1, 0.15) is 12.1 Å². The van der Waals surface area contributed by atoms with Gasteiger partial charge in [-0.1, -0.05) is 61.9 Å². The highest BCUT2D eigenvalue weighted by molar-refractivity contribution is 5.90. The van der Waals surface area contributed by atoms with E-state index in [2.05, 4.69) is 29.6 Å². The van der Waals surface area contributed by atoms with Crippen molar-refractivity contribution in [2.24, 2.45) is 11.8 Å². The highest BCUT2D eigenvalue weighted by Crippen LogP contribution is 2.54. The molecule has 2 aromatic carbocycles. The van der Waals surface area contributed by atoms with E-state index >= 15 is 0 Å². The molecule has 7 nitrogen and oxygen atoms in total. The molecule has 3 atom stereocenters. The van der Waals surface area contributed by atoms with E-state index in [4.69, 9.17) is 4.74 Å². The number of amides is 2. The number of nitrogens with zero attached hydrogens (tertiary/aromatic N) is 1. The van der Waals surface area contributed by atoms with Crippen LogP contribution in [-0.2, 0) is 14.3 Å². The van der Waals surface area contributed by atoms with Crippen molar-refractivity contribution in [1.29, 1.82) is 0 Å². The number of piperidine rings is 1. The minimum absolute atomic E-state index is 0.00510. The summed E-state index contributed by atoms with van der Waals surface area (Å²) >= 11 is 0. The van der Waals surface area contributed by atoms with Gasteiger partial charge in [-0.2, -0.15) is 0 Å². The second-order valence-electron chi connectivity index (χ2n) is 10.0. The standard InChI is InChI=1S/C28H32N2O5/c1-2-18(14-25(31)30-13-7-8-19-15-28(19,30)26(32)33)16-29-27(34)35-17-24-22-11-5-3-9-20(22)21-10-4-6-12-23(21)24/h3-6,9-12,18-19,24H,2,7-8,13-17H2,1H3,(H,29,34)(H,32,33). The van der Waals surface area contributed by atoms with Gasteiger partial charge < -0.3 is 20.1 Å². The third-order valence-corrected chi connectivity index (χ3v) is 8.08. The first-order valence-electron chi connectivity index (χ1n) is 12.6. The smallest absolute Gasteiger partial charge is 0.407 e. The minimum Gasteiger partial charge on any atom is -0.479 e. The lowest BCUT2D eigenvalue weighted by Gasteiger charge is -2.34. The molecule has 2 aromatic rings. The first-order valence-corrected chi connectivity index (χ1v) is 12.6. The molecule has 0 spiro atoms. The van der Waals surface area contributed by atoms with E-state index in [1.54, 1.807) is 4.90 Å². The third-order valence-electron chi connectivity index (χ3n) is 8.08. The summed E-state index contributed by atoms with van der Waals surface area (Å²) in [5, 5.41) is 12.5. The molecule has 2 fully saturated rings. The van der Waals surface area contributed by atoms with Crippen LogP contribution in [0.1, 0.15) is 56.1 Å². The number of carbonyl (C=O) groups is 3. The molecule has 2 aliphatic carbocycles. The molecule has 3 unspecified atom stereocenters. The monoisotopic (exact) mass is 476 g/mol. The van der Waals surface area contributed by atoms with E-state index in [0.29, 0.717) is 25.9 Å². The van der Waals surface area contributed by atoms with E-state index in [1.807, 2.05) is 31.2 Å². The number of fused-ring (bicyclic) bond motifs is 4. The van der Waals surface area contributed by atoms with Crippen molar-refractivity contribution in [2.75, 3.05) is 19.7 Å². The maximum Gasteiger partial charge on any atom is 0.407 e. The molecule has 2 N–H and O–H groups in total. The van der Waals surface area contributed by atoms with Crippen molar-refractivity contribution >= 4 is 18.0 Å². The Bertz CT molecular complexity index is 1100. The van der Waals surface area contributed by atoms with Gasteiger partial charge in [-0.25, -0.2) is 9.59 Å². The largest absolute Gasteiger partial charge is 0.479 e. The predicted octanol–water partition coefficient (Wildman–Crippen LogP) is 4.41. The molecule has 7 heteroatoms. The van der Waals surface area contributed by atoms with Crippen molar-refractivity contribution in [3.8, 4) is 11.1 Å². The number of nitrogens with one attached hydrogen (secondary N) is 1. The number of aliphatic carboxylic acids is 1. The van der Waals surface area contributed by atoms with Crippen LogP contribution in [0.2, 0.25) is 0 Å². The van der Waals surface area contributed by atoms with Gasteiger partial charge in [-0.05, 0) is 53.4 Å². The Labute approximate surface area is 205 Å². The number of carbonyl (C=O) groups excluding carboxylic acids is 2. The lowest BCUT2D eigenvalue weighted by molar-refractivity contribution is -0.155. The number of carboxylic acid groups (broad SMARTS) is 1. The maximum absolute atomic E-state index is 13.0. The number of ether oxygens (including phenoxy) is 1. The lowest BCUT2D eigenvalue weighted by atomic mass is 9.97. The van der Waals surface area contributed by atoms with Crippen LogP contribution in [0.5, 0.6) is 0 Å². The predicted molar refractivity (Wildman–Crippen MR) is 131 cm³/mol. The number of hydrogen-bond acceptors (Lipinski definition) is 4. The first kappa shape index (κ1) is 23.4. The summed E-state index contributed by atoms with van der Waals surface area (Å²) in [5.74, 6) is -1.02. The fraction of sp³-hybridized carbons (Fsp3) is 0.464. The number of likely N-dealkylation sites (tertiary alicyclic amines) is 1. The van der Waals surface area contributed by atoms with Gasteiger partial charge in [0.25, 0.3) is 0 Å². The van der Waals surface area contributed by atoms with Gasteiger partial charge in [0.15, 0.2) is 0 Å². The van der Waals surface area contributed by atoms with E-state index in [-0.39, 0.29) is 36.7 Å². The van der Waals surface area contributed by atoms with Crippen LogP contribution < -0.4 is 5.32 Å². The third kappa shape index (κ3) is 4.17. The van der Waals surface area contributed by atoms with Crippen LogP contribution in [0.25, 0.3) is 11.1 Å². The molecule has 0 bridgehead atoms. The second-order valence-corrected chi connectivity index (χ2v) is 10.0. The van der Waals surface area contributed by atoms with Crippen molar-refractivity contribution in [3.05, 3.63) is 59.7 Å². The van der Waals surface area contributed by atoms with Crippen LogP contribution in [0.3, 0.4) is 0 Å². The highest BCUT2D eigenvalue weighted by Gasteiger charge is 2.66. The van der Waals surface area contributed by atoms with Gasteiger partial charge in [0, 0.05) is 25.4 Å². The fourth-order valence-corrected chi connectivity index (χ4v) is 6.00. The Hall–Kier alpha value is -3.35. The van der Waals surface area contributed by atoms with E-state index in [9.17, 15) is 19.5 Å². The Kier molecular flexibility index (Phi) is 6.26. The molecule has 35 heavy (non-hydrogen) atoms. The second kappa shape index (κ2) is 9.36. The normalized spacial score (nSPS) is 23.0. The molecule has 1 aliphatic heterocycles. The zero-order valence-corrected chi connectivity index (χ0v) is 20.0. The number of rotatable bonds is 8.